The molecule has 0 spiro atoms. The van der Waals surface area contributed by atoms with Gasteiger partial charge in [0, 0.05) is 44.7 Å². The van der Waals surface area contributed by atoms with E-state index >= 15 is 0 Å². The quantitative estimate of drug-likeness (QED) is 0.503. The van der Waals surface area contributed by atoms with Crippen LogP contribution in [0.1, 0.15) is 78.6 Å². The highest BCUT2D eigenvalue weighted by Gasteiger charge is 2.64. The summed E-state index contributed by atoms with van der Waals surface area (Å²) in [5.74, 6) is 0.205. The van der Waals surface area contributed by atoms with Gasteiger partial charge in [0.25, 0.3) is 0 Å². The molecule has 164 valence electrons. The second-order valence-electron chi connectivity index (χ2n) is 10.8. The maximum absolute atomic E-state index is 13.1. The summed E-state index contributed by atoms with van der Waals surface area (Å²) in [6, 6.07) is 0.836. The van der Waals surface area contributed by atoms with Crippen LogP contribution in [0.3, 0.4) is 0 Å². The fourth-order valence-corrected chi connectivity index (χ4v) is 6.52. The Kier molecular flexibility index (Phi) is 6.09. The van der Waals surface area contributed by atoms with Gasteiger partial charge in [0.1, 0.15) is 0 Å². The standard InChI is InChI=1S/C24H41N3O2/c1-23(2)20-11-12-24(23,3)22(29)27(21(20)28)14-8-7-13-25-15-17-26(18-16-25)19-9-5-4-6-10-19/h19-20H,4-18H2,1-3H3/t20-,24-/m1/s1. The molecular weight excluding hydrogens is 362 g/mol. The molecule has 2 amide bonds. The van der Waals surface area contributed by atoms with E-state index in [4.69, 9.17) is 0 Å². The highest BCUT2D eigenvalue weighted by molar-refractivity contribution is 6.03. The van der Waals surface area contributed by atoms with Crippen molar-refractivity contribution in [3.05, 3.63) is 0 Å². The van der Waals surface area contributed by atoms with Crippen molar-refractivity contribution in [1.82, 2.24) is 14.7 Å². The summed E-state index contributed by atoms with van der Waals surface area (Å²) in [6.45, 7) is 12.8. The molecule has 0 aromatic carbocycles. The number of nitrogens with zero attached hydrogens (tertiary/aromatic N) is 3. The van der Waals surface area contributed by atoms with Crippen molar-refractivity contribution < 1.29 is 9.59 Å². The number of hydrogen-bond donors (Lipinski definition) is 0. The first-order chi connectivity index (χ1) is 13.8. The number of fused-ring (bicyclic) bond motifs is 2. The summed E-state index contributed by atoms with van der Waals surface area (Å²) >= 11 is 0. The van der Waals surface area contributed by atoms with Crippen LogP contribution in [-0.4, -0.2) is 71.8 Å². The molecule has 29 heavy (non-hydrogen) atoms. The maximum Gasteiger partial charge on any atom is 0.235 e. The van der Waals surface area contributed by atoms with Gasteiger partial charge in [-0.05, 0) is 50.5 Å². The van der Waals surface area contributed by atoms with Crippen LogP contribution in [0, 0.1) is 16.7 Å². The number of carbonyl (C=O) groups excluding carboxylic acids is 2. The first kappa shape index (κ1) is 21.3. The maximum atomic E-state index is 13.1. The summed E-state index contributed by atoms with van der Waals surface area (Å²) in [7, 11) is 0. The minimum absolute atomic E-state index is 0.0260. The number of piperazine rings is 1. The molecule has 2 aliphatic carbocycles. The summed E-state index contributed by atoms with van der Waals surface area (Å²) in [5.41, 5.74) is -0.559. The van der Waals surface area contributed by atoms with Crippen LogP contribution in [0.5, 0.6) is 0 Å². The Balaban J connectivity index is 1.20. The van der Waals surface area contributed by atoms with Crippen molar-refractivity contribution >= 4 is 11.8 Å². The minimum Gasteiger partial charge on any atom is -0.301 e. The SMILES string of the molecule is CC1(C)[C@@H]2CC[C@]1(C)C(=O)N(CCCCN1CCN(C3CCCCC3)CC1)C2=O. The van der Waals surface area contributed by atoms with Crippen LogP contribution >= 0.6 is 0 Å². The molecule has 4 rings (SSSR count). The Morgan fingerprint density at radius 3 is 2.21 bits per heavy atom. The third kappa shape index (κ3) is 3.78. The van der Waals surface area contributed by atoms with Crippen molar-refractivity contribution in [1.29, 1.82) is 0 Å². The first-order valence-electron chi connectivity index (χ1n) is 12.2. The molecule has 0 unspecified atom stereocenters. The number of hydrogen-bond acceptors (Lipinski definition) is 4. The first-order valence-corrected chi connectivity index (χ1v) is 12.2. The summed E-state index contributed by atoms with van der Waals surface area (Å²) < 4.78 is 0. The van der Waals surface area contributed by atoms with Gasteiger partial charge in [-0.1, -0.05) is 40.0 Å². The molecule has 0 aromatic rings. The van der Waals surface area contributed by atoms with Crippen LogP contribution in [-0.2, 0) is 9.59 Å². The zero-order chi connectivity index (χ0) is 20.6. The van der Waals surface area contributed by atoms with E-state index in [-0.39, 0.29) is 28.6 Å². The lowest BCUT2D eigenvalue weighted by Crippen LogP contribution is -2.59. The fourth-order valence-electron chi connectivity index (χ4n) is 6.52. The van der Waals surface area contributed by atoms with E-state index < -0.39 is 0 Å². The van der Waals surface area contributed by atoms with Crippen LogP contribution in [0.15, 0.2) is 0 Å². The normalized spacial score (nSPS) is 34.2. The summed E-state index contributed by atoms with van der Waals surface area (Å²) in [5, 5.41) is 0. The van der Waals surface area contributed by atoms with Gasteiger partial charge in [0.2, 0.25) is 11.8 Å². The van der Waals surface area contributed by atoms with E-state index in [1.165, 1.54) is 58.3 Å². The molecule has 0 radical (unpaired) electrons. The zero-order valence-corrected chi connectivity index (χ0v) is 18.9. The number of unbranched alkanes of at least 4 members (excludes halogenated alkanes) is 1. The number of piperidine rings is 1. The average Bonchev–Trinajstić information content (AvgIpc) is 2.92. The smallest absolute Gasteiger partial charge is 0.235 e. The van der Waals surface area contributed by atoms with Crippen molar-refractivity contribution in [2.45, 2.75) is 84.6 Å². The molecule has 0 N–H and O–H groups in total. The second kappa shape index (κ2) is 8.30. The molecule has 4 fully saturated rings. The Morgan fingerprint density at radius 1 is 0.862 bits per heavy atom. The van der Waals surface area contributed by atoms with Crippen molar-refractivity contribution in [3.63, 3.8) is 0 Å². The van der Waals surface area contributed by atoms with Crippen molar-refractivity contribution in [2.75, 3.05) is 39.3 Å². The molecule has 2 atom stereocenters. The average molecular weight is 404 g/mol. The predicted octanol–water partition coefficient (Wildman–Crippen LogP) is 3.53. The zero-order valence-electron chi connectivity index (χ0n) is 18.9. The van der Waals surface area contributed by atoms with Gasteiger partial charge in [-0.3, -0.25) is 19.4 Å². The molecular formula is C24H41N3O2. The number of amides is 2. The monoisotopic (exact) mass is 403 g/mol. The Labute approximate surface area is 177 Å². The number of rotatable bonds is 6. The molecule has 2 heterocycles. The van der Waals surface area contributed by atoms with E-state index in [2.05, 4.69) is 30.6 Å². The van der Waals surface area contributed by atoms with Crippen molar-refractivity contribution in [3.8, 4) is 0 Å². The largest absolute Gasteiger partial charge is 0.301 e. The Morgan fingerprint density at radius 2 is 1.52 bits per heavy atom. The molecule has 2 bridgehead atoms. The molecule has 2 saturated heterocycles. The third-order valence-corrected chi connectivity index (χ3v) is 9.11. The van der Waals surface area contributed by atoms with Gasteiger partial charge >= 0.3 is 0 Å². The van der Waals surface area contributed by atoms with E-state index in [0.717, 1.165) is 38.3 Å². The van der Waals surface area contributed by atoms with Gasteiger partial charge in [-0.2, -0.15) is 0 Å². The Bertz CT molecular complexity index is 620. The van der Waals surface area contributed by atoms with Crippen LogP contribution in [0.25, 0.3) is 0 Å². The Hall–Kier alpha value is -0.940. The number of likely N-dealkylation sites (tertiary alicyclic amines) is 1. The second-order valence-corrected chi connectivity index (χ2v) is 10.8. The highest BCUT2D eigenvalue weighted by atomic mass is 16.2. The molecule has 5 nitrogen and oxygen atoms in total. The number of carbonyl (C=O) groups is 2. The lowest BCUT2D eigenvalue weighted by Gasteiger charge is -2.47. The fraction of sp³-hybridized carbons (Fsp3) is 0.917. The van der Waals surface area contributed by atoms with Gasteiger partial charge < -0.3 is 4.90 Å². The molecule has 2 saturated carbocycles. The van der Waals surface area contributed by atoms with E-state index in [1.54, 1.807) is 4.90 Å². The van der Waals surface area contributed by atoms with Gasteiger partial charge in [0.05, 0.1) is 5.41 Å². The molecule has 4 aliphatic rings. The van der Waals surface area contributed by atoms with Crippen LogP contribution in [0.2, 0.25) is 0 Å². The number of imide groups is 1. The van der Waals surface area contributed by atoms with Gasteiger partial charge in [-0.25, -0.2) is 0 Å². The van der Waals surface area contributed by atoms with Crippen LogP contribution < -0.4 is 0 Å². The molecule has 0 aromatic heterocycles. The summed E-state index contributed by atoms with van der Waals surface area (Å²) in [6.07, 6.45) is 10.8. The van der Waals surface area contributed by atoms with E-state index in [9.17, 15) is 9.59 Å². The third-order valence-electron chi connectivity index (χ3n) is 9.11. The van der Waals surface area contributed by atoms with Gasteiger partial charge in [0.15, 0.2) is 0 Å². The predicted molar refractivity (Wildman–Crippen MR) is 115 cm³/mol. The van der Waals surface area contributed by atoms with E-state index in [0.29, 0.717) is 6.54 Å². The molecule has 2 aliphatic heterocycles. The lowest BCUT2D eigenvalue weighted by molar-refractivity contribution is -0.167. The lowest BCUT2D eigenvalue weighted by atomic mass is 9.62. The summed E-state index contributed by atoms with van der Waals surface area (Å²) in [4.78, 5) is 32.9. The topological polar surface area (TPSA) is 43.9 Å². The van der Waals surface area contributed by atoms with Crippen LogP contribution in [0.4, 0.5) is 0 Å². The minimum atomic E-state index is -0.360. The van der Waals surface area contributed by atoms with E-state index in [1.807, 2.05) is 0 Å². The molecule has 5 heteroatoms. The van der Waals surface area contributed by atoms with Gasteiger partial charge in [-0.15, -0.1) is 0 Å². The highest BCUT2D eigenvalue weighted by Crippen LogP contribution is 2.60. The van der Waals surface area contributed by atoms with Crippen molar-refractivity contribution in [2.24, 2.45) is 16.7 Å².